The highest BCUT2D eigenvalue weighted by atomic mass is 16.6. The number of unbranched alkanes of at least 4 members (excludes halogenated alkanes) is 2. The van der Waals surface area contributed by atoms with Gasteiger partial charge in [-0.3, -0.25) is 53.4 Å². The molecule has 9 atom stereocenters. The number of likely N-dealkylation sites (tertiary alicyclic amines) is 1. The summed E-state index contributed by atoms with van der Waals surface area (Å²) in [5.74, 6) is -4.74. The fraction of sp³-hybridized carbons (Fsp3) is 0.551. The van der Waals surface area contributed by atoms with Crippen molar-refractivity contribution in [2.45, 2.75) is 163 Å². The van der Waals surface area contributed by atoms with Gasteiger partial charge in [0.25, 0.3) is 17.5 Å². The molecular weight excluding hydrogens is 1150 g/mol. The average Bonchev–Trinajstić information content (AvgIpc) is 1.44. The van der Waals surface area contributed by atoms with Gasteiger partial charge in [0.1, 0.15) is 18.0 Å². The molecule has 21 nitrogen and oxygen atoms in total. The first-order valence-corrected chi connectivity index (χ1v) is 31.5. The fourth-order valence-electron chi connectivity index (χ4n) is 12.4. The molecule has 5 amide bonds. The van der Waals surface area contributed by atoms with E-state index >= 15 is 0 Å². The third kappa shape index (κ3) is 20.1. The zero-order chi connectivity index (χ0) is 66.5. The predicted molar refractivity (Wildman–Crippen MR) is 346 cm³/mol. The van der Waals surface area contributed by atoms with Gasteiger partial charge in [0, 0.05) is 89.0 Å². The standard InChI is InChI=1S/C69H96N8O13/c1-15-45(6)65(74(12)68(84)55(43(2)3)40-59(79)64(44(4)5)73(10)11)60(88-13)41-63(82)76-36-22-25-56(76)66(89-14)47(8)58(78)38-52(37-49-23-18-16-19-24-49)69(85)90-42-50-28-30-51(31-29-50)48(9)71-72-67(83)54-33-32-53(39-57(54)77(86)87)70-61(80)26-20-17-21-35-75-46(7)27-34-62(75)81/h16,18-19,23-24,27-34,39,43-45,47,52,55-56,60,64-66H,7,15,17,20-22,25-26,35-38,40-42H2,1-6,8-14H3,(H,70,80)(H,72,83)/b71-48+/t45-,47-,52+,55-,56-,60+,64-,65-,66+/m0/s1. The Labute approximate surface area is 531 Å². The molecule has 2 aliphatic rings. The molecule has 0 spiro atoms. The Morgan fingerprint density at radius 1 is 0.833 bits per heavy atom. The van der Waals surface area contributed by atoms with Crippen molar-refractivity contribution >= 4 is 64.2 Å². The molecule has 0 unspecified atom stereocenters. The van der Waals surface area contributed by atoms with Crippen molar-refractivity contribution < 1.29 is 57.5 Å². The van der Waals surface area contributed by atoms with Gasteiger partial charge >= 0.3 is 5.97 Å². The largest absolute Gasteiger partial charge is 0.461 e. The Kier molecular flexibility index (Phi) is 28.4. The number of anilines is 1. The Bertz CT molecular complexity index is 3030. The fourth-order valence-corrected chi connectivity index (χ4v) is 12.4. The van der Waals surface area contributed by atoms with Gasteiger partial charge < -0.3 is 34.2 Å². The van der Waals surface area contributed by atoms with Gasteiger partial charge in [-0.25, -0.2) is 5.43 Å². The highest BCUT2D eigenvalue weighted by molar-refractivity contribution is 6.03. The molecule has 3 aromatic carbocycles. The molecule has 0 aliphatic carbocycles. The lowest BCUT2D eigenvalue weighted by atomic mass is 9.83. The molecule has 1 fully saturated rings. The molecule has 2 heterocycles. The van der Waals surface area contributed by atoms with E-state index in [1.165, 1.54) is 25.3 Å². The summed E-state index contributed by atoms with van der Waals surface area (Å²) in [4.78, 5) is 128. The number of methoxy groups -OCH3 is 2. The van der Waals surface area contributed by atoms with E-state index in [1.807, 2.05) is 90.9 Å². The van der Waals surface area contributed by atoms with Gasteiger partial charge in [-0.1, -0.05) is 122 Å². The number of hydrazone groups is 1. The molecule has 5 rings (SSSR count). The highest BCUT2D eigenvalue weighted by Gasteiger charge is 2.44. The maximum atomic E-state index is 14.6. The number of Topliss-reactive ketones (excluding diaryl/α,β-unsaturated/α-hetero) is 2. The molecule has 1 saturated heterocycles. The number of rotatable bonds is 36. The van der Waals surface area contributed by atoms with E-state index in [2.05, 4.69) is 22.4 Å². The number of nitro groups is 1. The molecule has 90 heavy (non-hydrogen) atoms. The summed E-state index contributed by atoms with van der Waals surface area (Å²) in [5, 5.41) is 18.9. The summed E-state index contributed by atoms with van der Waals surface area (Å²) in [7, 11) is 8.58. The molecule has 0 saturated carbocycles. The topological polar surface area (TPSA) is 257 Å². The third-order valence-corrected chi connectivity index (χ3v) is 17.6. The van der Waals surface area contributed by atoms with Crippen LogP contribution >= 0.6 is 0 Å². The van der Waals surface area contributed by atoms with Crippen LogP contribution < -0.4 is 10.7 Å². The zero-order valence-electron chi connectivity index (χ0n) is 55.0. The van der Waals surface area contributed by atoms with Gasteiger partial charge in [0.2, 0.25) is 17.7 Å². The molecule has 2 aliphatic heterocycles. The van der Waals surface area contributed by atoms with Crippen molar-refractivity contribution in [2.75, 3.05) is 53.8 Å². The molecule has 0 bridgehead atoms. The van der Waals surface area contributed by atoms with E-state index in [4.69, 9.17) is 14.2 Å². The summed E-state index contributed by atoms with van der Waals surface area (Å²) in [6.45, 7) is 20.0. The number of carbonyl (C=O) groups excluding carboxylic acids is 8. The first kappa shape index (κ1) is 73.0. The number of benzene rings is 3. The second kappa shape index (κ2) is 35.0. The molecule has 21 heteroatoms. The maximum absolute atomic E-state index is 14.6. The molecule has 0 aromatic heterocycles. The lowest BCUT2D eigenvalue weighted by Gasteiger charge is -2.41. The summed E-state index contributed by atoms with van der Waals surface area (Å²) in [5.41, 5.74) is 4.79. The van der Waals surface area contributed by atoms with Crippen LogP contribution in [0.3, 0.4) is 0 Å². The third-order valence-electron chi connectivity index (χ3n) is 17.6. The van der Waals surface area contributed by atoms with Crippen LogP contribution in [-0.2, 0) is 60.8 Å². The predicted octanol–water partition coefficient (Wildman–Crippen LogP) is 9.76. The van der Waals surface area contributed by atoms with E-state index in [-0.39, 0.29) is 109 Å². The number of hydrogen-bond acceptors (Lipinski definition) is 15. The van der Waals surface area contributed by atoms with Crippen LogP contribution in [-0.4, -0.2) is 156 Å². The number of hydrogen-bond donors (Lipinski definition) is 2. The van der Waals surface area contributed by atoms with E-state index < -0.39 is 64.5 Å². The Balaban J connectivity index is 1.19. The number of nitrogens with one attached hydrogen (secondary N) is 2. The Morgan fingerprint density at radius 3 is 2.11 bits per heavy atom. The Morgan fingerprint density at radius 2 is 1.52 bits per heavy atom. The quantitative estimate of drug-likeness (QED) is 0.0181. The van der Waals surface area contributed by atoms with Crippen molar-refractivity contribution in [1.82, 2.24) is 25.0 Å². The summed E-state index contributed by atoms with van der Waals surface area (Å²) < 4.78 is 18.1. The van der Waals surface area contributed by atoms with Crippen molar-refractivity contribution in [3.8, 4) is 0 Å². The molecule has 0 radical (unpaired) electrons. The average molecular weight is 1250 g/mol. The zero-order valence-corrected chi connectivity index (χ0v) is 55.0. The number of amides is 5. The number of ether oxygens (including phenoxy) is 3. The number of nitro benzene ring substituents is 1. The molecule has 3 aromatic rings. The van der Waals surface area contributed by atoms with Crippen molar-refractivity contribution in [3.63, 3.8) is 0 Å². The van der Waals surface area contributed by atoms with Crippen LogP contribution in [0.2, 0.25) is 0 Å². The minimum Gasteiger partial charge on any atom is -0.461 e. The highest BCUT2D eigenvalue weighted by Crippen LogP contribution is 2.33. The maximum Gasteiger partial charge on any atom is 0.310 e. The minimum absolute atomic E-state index is 0.0135. The van der Waals surface area contributed by atoms with E-state index in [1.54, 1.807) is 73.0 Å². The van der Waals surface area contributed by atoms with Crippen LogP contribution in [0.25, 0.3) is 0 Å². The van der Waals surface area contributed by atoms with E-state index in [0.29, 0.717) is 74.2 Å². The SMILES string of the molecule is C=C1C=CC(=O)N1CCCCCC(=O)Nc1ccc(C(=O)N/N=C(\C)c2ccc(COC(=O)[C@@H](CC(=O)[C@H](C)[C@@H](OC)[C@@H]3CCCN3C(=O)C[C@@H](OC)[C@H]([C@@H](C)CC)N(C)C(=O)[C@@H](CC(=O)[C@H](C(C)C)N(C)C)C(C)C)Cc3ccccc3)cc2)c([N+](=O)[O-])c1. The summed E-state index contributed by atoms with van der Waals surface area (Å²) in [6.07, 6.45) is 5.87. The smallest absolute Gasteiger partial charge is 0.310 e. The molecular formula is C69H96N8O13. The molecule has 490 valence electrons. The van der Waals surface area contributed by atoms with Crippen molar-refractivity contribution in [1.29, 1.82) is 0 Å². The van der Waals surface area contributed by atoms with Gasteiger partial charge in [-0.05, 0) is 106 Å². The number of esters is 1. The number of allylic oxidation sites excluding steroid dienone is 1. The first-order valence-electron chi connectivity index (χ1n) is 31.5. The van der Waals surface area contributed by atoms with E-state index in [0.717, 1.165) is 11.6 Å². The van der Waals surface area contributed by atoms with Gasteiger partial charge in [-0.15, -0.1) is 0 Å². The normalized spacial score (nSPS) is 17.0. The number of nitrogens with zero attached hydrogens (tertiary/aromatic N) is 6. The number of carbonyl (C=O) groups is 8. The Hall–Kier alpha value is -7.75. The van der Waals surface area contributed by atoms with Crippen molar-refractivity contribution in [3.05, 3.63) is 130 Å². The number of ketones is 2. The lowest BCUT2D eigenvalue weighted by molar-refractivity contribution is -0.385. The second-order valence-corrected chi connectivity index (χ2v) is 24.9. The van der Waals surface area contributed by atoms with Gasteiger partial charge in [0.15, 0.2) is 5.78 Å². The van der Waals surface area contributed by atoms with Crippen LogP contribution in [0.1, 0.15) is 147 Å². The number of likely N-dealkylation sites (N-methyl/N-ethyl adjacent to an activating group) is 2. The summed E-state index contributed by atoms with van der Waals surface area (Å²) in [6, 6.07) is 18.7. The van der Waals surface area contributed by atoms with Gasteiger partial charge in [-0.2, -0.15) is 5.10 Å². The van der Waals surface area contributed by atoms with Crippen LogP contribution in [0.15, 0.2) is 102 Å². The molecule has 2 N–H and O–H groups in total. The van der Waals surface area contributed by atoms with Crippen LogP contribution in [0.4, 0.5) is 11.4 Å². The van der Waals surface area contributed by atoms with Gasteiger partial charge in [0.05, 0.1) is 53.3 Å². The van der Waals surface area contributed by atoms with Crippen LogP contribution in [0.5, 0.6) is 0 Å². The minimum atomic E-state index is -0.859. The monoisotopic (exact) mass is 1240 g/mol. The summed E-state index contributed by atoms with van der Waals surface area (Å²) >= 11 is 0. The second-order valence-electron chi connectivity index (χ2n) is 24.9. The van der Waals surface area contributed by atoms with Crippen molar-refractivity contribution in [2.24, 2.45) is 40.6 Å². The lowest BCUT2D eigenvalue weighted by Crippen LogP contribution is -2.54. The van der Waals surface area contributed by atoms with Crippen LogP contribution in [0, 0.1) is 45.6 Å². The first-order chi connectivity index (χ1) is 42.7. The van der Waals surface area contributed by atoms with E-state index in [9.17, 15) is 48.5 Å².